The molecule has 0 atom stereocenters. The molecular weight excluding hydrogens is 657 g/mol. The standard InChI is InChI=1S/C48H38O3S/c49-42-22-28(33-11-3-5-13-35(33)42)19-31-20-29-23-43-37(26-40(29)47(31)15-7-1-8-16-47)38-27-41-30(24-44(38)52-43)21-32(48(41)17-9-2-10-18-48)25-39-34-12-4-6-14-36(34)45(50)46(39)51/h3-6,11-14,19-21,23-27H,1-2,7-10,15-18,22H2/b28-19+,39-25-. The Bertz CT molecular complexity index is 2610. The van der Waals surface area contributed by atoms with Crippen LogP contribution in [0.15, 0.2) is 96.1 Å². The Balaban J connectivity index is 1.05. The quantitative estimate of drug-likeness (QED) is 0.137. The van der Waals surface area contributed by atoms with Gasteiger partial charge < -0.3 is 0 Å². The van der Waals surface area contributed by atoms with Gasteiger partial charge in [-0.2, -0.15) is 0 Å². The van der Waals surface area contributed by atoms with Crippen LogP contribution in [-0.2, 0) is 15.6 Å². The Kier molecular flexibility index (Phi) is 6.51. The molecule has 2 fully saturated rings. The van der Waals surface area contributed by atoms with E-state index in [0.717, 1.165) is 60.8 Å². The Morgan fingerprint density at radius 3 is 1.65 bits per heavy atom. The first kappa shape index (κ1) is 30.7. The summed E-state index contributed by atoms with van der Waals surface area (Å²) in [5.74, 6) is -0.539. The highest BCUT2D eigenvalue weighted by Crippen LogP contribution is 2.57. The second-order valence-corrected chi connectivity index (χ2v) is 17.1. The van der Waals surface area contributed by atoms with Gasteiger partial charge in [-0.05, 0) is 106 Å². The van der Waals surface area contributed by atoms with Crippen LogP contribution in [0.5, 0.6) is 0 Å². The molecule has 52 heavy (non-hydrogen) atoms. The highest BCUT2D eigenvalue weighted by Gasteiger charge is 2.45. The maximum absolute atomic E-state index is 13.3. The zero-order valence-corrected chi connectivity index (χ0v) is 30.0. The van der Waals surface area contributed by atoms with Crippen molar-refractivity contribution in [1.29, 1.82) is 0 Å². The minimum Gasteiger partial charge on any atom is -0.294 e. The molecule has 4 aromatic carbocycles. The Labute approximate surface area is 307 Å². The van der Waals surface area contributed by atoms with Gasteiger partial charge >= 0.3 is 0 Å². The number of benzene rings is 4. The van der Waals surface area contributed by atoms with E-state index in [2.05, 4.69) is 60.7 Å². The van der Waals surface area contributed by atoms with E-state index >= 15 is 0 Å². The highest BCUT2D eigenvalue weighted by molar-refractivity contribution is 7.25. The van der Waals surface area contributed by atoms with Gasteiger partial charge in [0.25, 0.3) is 0 Å². The minimum atomic E-state index is -0.388. The molecule has 1 aromatic heterocycles. The van der Waals surface area contributed by atoms with Crippen molar-refractivity contribution in [2.75, 3.05) is 0 Å². The van der Waals surface area contributed by atoms with Gasteiger partial charge in [0.15, 0.2) is 5.78 Å². The lowest BCUT2D eigenvalue weighted by molar-refractivity contribution is -0.109. The third kappa shape index (κ3) is 4.16. The number of carbonyl (C=O) groups excluding carboxylic acids is 3. The predicted molar refractivity (Wildman–Crippen MR) is 212 cm³/mol. The second kappa shape index (κ2) is 11.0. The molecule has 6 aliphatic rings. The molecule has 0 amide bonds. The molecule has 0 radical (unpaired) electrons. The number of thiophene rings is 1. The topological polar surface area (TPSA) is 51.2 Å². The predicted octanol–water partition coefficient (Wildman–Crippen LogP) is 11.8. The third-order valence-electron chi connectivity index (χ3n) is 13.5. The maximum Gasteiger partial charge on any atom is 0.234 e. The number of ketones is 3. The lowest BCUT2D eigenvalue weighted by Gasteiger charge is -2.37. The summed E-state index contributed by atoms with van der Waals surface area (Å²) in [7, 11) is 0. The number of rotatable bonds is 2. The summed E-state index contributed by atoms with van der Waals surface area (Å²) >= 11 is 1.88. The van der Waals surface area contributed by atoms with E-state index in [-0.39, 0.29) is 28.2 Å². The molecule has 254 valence electrons. The number of hydrogen-bond acceptors (Lipinski definition) is 4. The van der Waals surface area contributed by atoms with Crippen LogP contribution in [0.4, 0.5) is 0 Å². The molecule has 0 N–H and O–H groups in total. The summed E-state index contributed by atoms with van der Waals surface area (Å²) in [6.07, 6.45) is 21.3. The summed E-state index contributed by atoms with van der Waals surface area (Å²) < 4.78 is 2.63. The summed E-state index contributed by atoms with van der Waals surface area (Å²) in [5.41, 5.74) is 12.8. The van der Waals surface area contributed by atoms with Crippen LogP contribution in [-0.4, -0.2) is 17.3 Å². The van der Waals surface area contributed by atoms with E-state index in [1.165, 1.54) is 79.3 Å². The monoisotopic (exact) mass is 694 g/mol. The van der Waals surface area contributed by atoms with E-state index in [1.807, 2.05) is 41.7 Å². The van der Waals surface area contributed by atoms with Crippen molar-refractivity contribution in [3.05, 3.63) is 141 Å². The summed E-state index contributed by atoms with van der Waals surface area (Å²) in [5, 5.41) is 2.68. The van der Waals surface area contributed by atoms with Gasteiger partial charge in [0.05, 0.1) is 0 Å². The molecule has 3 nitrogen and oxygen atoms in total. The highest BCUT2D eigenvalue weighted by atomic mass is 32.1. The molecule has 6 aliphatic carbocycles. The molecule has 2 spiro atoms. The van der Waals surface area contributed by atoms with Gasteiger partial charge in [-0.3, -0.25) is 14.4 Å². The van der Waals surface area contributed by atoms with Crippen LogP contribution >= 0.6 is 11.3 Å². The fourth-order valence-electron chi connectivity index (χ4n) is 10.9. The van der Waals surface area contributed by atoms with Crippen molar-refractivity contribution in [2.45, 2.75) is 81.5 Å². The van der Waals surface area contributed by atoms with Crippen LogP contribution in [0.1, 0.15) is 125 Å². The van der Waals surface area contributed by atoms with Crippen LogP contribution < -0.4 is 0 Å². The molecule has 0 saturated heterocycles. The number of Topliss-reactive ketones (excluding diaryl/α,β-unsaturated/α-hetero) is 3. The molecule has 0 unspecified atom stereocenters. The van der Waals surface area contributed by atoms with E-state index in [9.17, 15) is 14.4 Å². The van der Waals surface area contributed by atoms with Crippen molar-refractivity contribution < 1.29 is 14.4 Å². The molecule has 0 bridgehead atoms. The van der Waals surface area contributed by atoms with Gasteiger partial charge in [0.1, 0.15) is 0 Å². The average molecular weight is 695 g/mol. The number of allylic oxidation sites excluding steroid dienone is 6. The van der Waals surface area contributed by atoms with Crippen LogP contribution in [0, 0.1) is 0 Å². The molecule has 5 aromatic rings. The fraction of sp³-hybridized carbons (Fsp3) is 0.271. The second-order valence-electron chi connectivity index (χ2n) is 16.0. The van der Waals surface area contributed by atoms with Crippen LogP contribution in [0.3, 0.4) is 0 Å². The van der Waals surface area contributed by atoms with Crippen molar-refractivity contribution in [2.24, 2.45) is 0 Å². The number of fused-ring (bicyclic) bond motifs is 9. The summed E-state index contributed by atoms with van der Waals surface area (Å²) in [6.45, 7) is 0. The van der Waals surface area contributed by atoms with Gasteiger partial charge in [0.2, 0.25) is 11.6 Å². The molecule has 1 heterocycles. The summed E-state index contributed by atoms with van der Waals surface area (Å²) in [6, 6.07) is 25.5. The maximum atomic E-state index is 13.3. The van der Waals surface area contributed by atoms with Gasteiger partial charge in [-0.25, -0.2) is 0 Å². The smallest absolute Gasteiger partial charge is 0.234 e. The minimum absolute atomic E-state index is 0.0204. The average Bonchev–Trinajstić information content (AvgIpc) is 3.91. The van der Waals surface area contributed by atoms with E-state index in [1.54, 1.807) is 6.07 Å². The normalized spacial score (nSPS) is 22.5. The van der Waals surface area contributed by atoms with Gasteiger partial charge in [-0.1, -0.05) is 105 Å². The zero-order valence-electron chi connectivity index (χ0n) is 29.1. The van der Waals surface area contributed by atoms with Crippen LogP contribution in [0.2, 0.25) is 0 Å². The SMILES string of the molecule is O=C1C(=O)c2ccccc2/C1=C/C1=Cc2cc3sc4cc5c(cc4c3cc2C12CCCCC2)C1(CCCCC1)C(/C=C1\CC(=O)c2ccccc21)=C5. The Hall–Kier alpha value is -4.93. The van der Waals surface area contributed by atoms with Gasteiger partial charge in [-0.15, -0.1) is 11.3 Å². The lowest BCUT2D eigenvalue weighted by atomic mass is 9.66. The molecule has 4 heteroatoms. The molecule has 2 saturated carbocycles. The van der Waals surface area contributed by atoms with Crippen molar-refractivity contribution in [1.82, 2.24) is 0 Å². The molecular formula is C48H38O3S. The summed E-state index contributed by atoms with van der Waals surface area (Å²) in [4.78, 5) is 39.2. The fourth-order valence-corrected chi connectivity index (χ4v) is 12.1. The lowest BCUT2D eigenvalue weighted by Crippen LogP contribution is -2.29. The largest absolute Gasteiger partial charge is 0.294 e. The van der Waals surface area contributed by atoms with Crippen LogP contribution in [0.25, 0.3) is 43.5 Å². The van der Waals surface area contributed by atoms with E-state index in [4.69, 9.17) is 0 Å². The third-order valence-corrected chi connectivity index (χ3v) is 14.6. The molecule has 11 rings (SSSR count). The first-order valence-corrected chi connectivity index (χ1v) is 20.0. The zero-order chi connectivity index (χ0) is 34.8. The molecule has 0 aliphatic heterocycles. The first-order valence-electron chi connectivity index (χ1n) is 19.2. The Morgan fingerprint density at radius 2 is 1.06 bits per heavy atom. The first-order chi connectivity index (χ1) is 25.4. The van der Waals surface area contributed by atoms with Crippen molar-refractivity contribution in [3.8, 4) is 0 Å². The van der Waals surface area contributed by atoms with Gasteiger partial charge in [0, 0.05) is 54.1 Å². The Morgan fingerprint density at radius 1 is 0.538 bits per heavy atom. The number of hydrogen-bond donors (Lipinski definition) is 0. The number of carbonyl (C=O) groups is 3. The van der Waals surface area contributed by atoms with E-state index < -0.39 is 0 Å². The van der Waals surface area contributed by atoms with Crippen molar-refractivity contribution >= 4 is 72.2 Å². The van der Waals surface area contributed by atoms with Crippen molar-refractivity contribution in [3.63, 3.8) is 0 Å². The van der Waals surface area contributed by atoms with E-state index in [0.29, 0.717) is 17.6 Å².